The van der Waals surface area contributed by atoms with Crippen molar-refractivity contribution in [2.45, 2.75) is 20.0 Å². The van der Waals surface area contributed by atoms with E-state index in [0.717, 1.165) is 4.90 Å². The Kier molecular flexibility index (Phi) is 7.35. The third-order valence-corrected chi connectivity index (χ3v) is 5.56. The lowest BCUT2D eigenvalue weighted by atomic mass is 10.1. The van der Waals surface area contributed by atoms with Crippen molar-refractivity contribution in [2.75, 3.05) is 15.5 Å². The van der Waals surface area contributed by atoms with Crippen molar-refractivity contribution < 1.29 is 28.3 Å². The third kappa shape index (κ3) is 5.68. The molecule has 0 aliphatic carbocycles. The molecule has 188 valence electrons. The van der Waals surface area contributed by atoms with Crippen LogP contribution in [0.4, 0.5) is 21.5 Å². The molecule has 0 saturated heterocycles. The van der Waals surface area contributed by atoms with E-state index in [1.165, 1.54) is 54.6 Å². The third-order valence-electron chi connectivity index (χ3n) is 5.21. The Morgan fingerprint density at radius 2 is 1.57 bits per heavy atom. The molecular weight excluding hydrogens is 501 g/mol. The highest BCUT2D eigenvalue weighted by Crippen LogP contribution is 2.31. The van der Waals surface area contributed by atoms with E-state index in [-0.39, 0.29) is 33.6 Å². The Morgan fingerprint density at radius 3 is 2.27 bits per heavy atom. The Labute approximate surface area is 216 Å². The van der Waals surface area contributed by atoms with Crippen molar-refractivity contribution >= 4 is 52.4 Å². The van der Waals surface area contributed by atoms with Gasteiger partial charge in [-0.3, -0.25) is 14.4 Å². The molecule has 1 heterocycles. The Bertz CT molecular complexity index is 1440. The summed E-state index contributed by atoms with van der Waals surface area (Å²) >= 11 is 6.22. The van der Waals surface area contributed by atoms with Crippen LogP contribution in [0.2, 0.25) is 0 Å². The fourth-order valence-corrected chi connectivity index (χ4v) is 3.73. The normalized spacial score (nSPS) is 13.3. The number of nitrogens with one attached hydrogen (secondary N) is 2. The molecule has 10 heteroatoms. The number of benzene rings is 3. The van der Waals surface area contributed by atoms with Gasteiger partial charge in [0.1, 0.15) is 16.5 Å². The first kappa shape index (κ1) is 25.6. The van der Waals surface area contributed by atoms with Gasteiger partial charge in [0, 0.05) is 16.9 Å². The number of rotatable bonds is 7. The first-order valence-electron chi connectivity index (χ1n) is 11.2. The molecule has 0 atom stereocenters. The number of hydrogen-bond acceptors (Lipinski definition) is 6. The summed E-state index contributed by atoms with van der Waals surface area (Å²) in [6.45, 7) is 3.41. The van der Waals surface area contributed by atoms with Crippen molar-refractivity contribution in [3.63, 3.8) is 0 Å². The predicted octanol–water partition coefficient (Wildman–Crippen LogP) is 5.08. The van der Waals surface area contributed by atoms with Crippen LogP contribution in [0.25, 0.3) is 0 Å². The molecule has 0 saturated carbocycles. The van der Waals surface area contributed by atoms with E-state index < -0.39 is 29.5 Å². The lowest BCUT2D eigenvalue weighted by Crippen LogP contribution is -2.32. The molecule has 3 aromatic rings. The number of imide groups is 1. The highest BCUT2D eigenvalue weighted by Gasteiger charge is 2.39. The van der Waals surface area contributed by atoms with E-state index in [9.17, 15) is 23.6 Å². The van der Waals surface area contributed by atoms with Crippen LogP contribution in [0.3, 0.4) is 0 Å². The fourth-order valence-electron chi connectivity index (χ4n) is 3.52. The van der Waals surface area contributed by atoms with E-state index in [1.807, 2.05) is 0 Å². The smallest absolute Gasteiger partial charge is 0.338 e. The summed E-state index contributed by atoms with van der Waals surface area (Å²) in [6.07, 6.45) is -0.341. The quantitative estimate of drug-likeness (QED) is 0.332. The maximum atomic E-state index is 13.2. The van der Waals surface area contributed by atoms with Crippen molar-refractivity contribution in [1.82, 2.24) is 0 Å². The van der Waals surface area contributed by atoms with E-state index in [4.69, 9.17) is 16.3 Å². The molecule has 0 fully saturated rings. The second-order valence-corrected chi connectivity index (χ2v) is 8.68. The van der Waals surface area contributed by atoms with Gasteiger partial charge in [0.2, 0.25) is 0 Å². The van der Waals surface area contributed by atoms with E-state index >= 15 is 0 Å². The average molecular weight is 522 g/mol. The summed E-state index contributed by atoms with van der Waals surface area (Å²) in [6, 6.07) is 17.4. The first-order chi connectivity index (χ1) is 17.6. The average Bonchev–Trinajstić information content (AvgIpc) is 3.08. The number of hydrogen-bond donors (Lipinski definition) is 2. The molecule has 3 amide bonds. The van der Waals surface area contributed by atoms with Gasteiger partial charge in [0.05, 0.1) is 17.4 Å². The molecule has 37 heavy (non-hydrogen) atoms. The summed E-state index contributed by atoms with van der Waals surface area (Å²) in [5, 5.41) is 5.12. The lowest BCUT2D eigenvalue weighted by molar-refractivity contribution is -0.120. The number of esters is 1. The van der Waals surface area contributed by atoms with Gasteiger partial charge in [-0.05, 0) is 74.5 Å². The highest BCUT2D eigenvalue weighted by atomic mass is 35.5. The van der Waals surface area contributed by atoms with Gasteiger partial charge in [-0.25, -0.2) is 14.1 Å². The van der Waals surface area contributed by atoms with Gasteiger partial charge in [0.25, 0.3) is 17.7 Å². The molecule has 4 rings (SSSR count). The van der Waals surface area contributed by atoms with Crippen LogP contribution < -0.4 is 15.5 Å². The van der Waals surface area contributed by atoms with Crippen molar-refractivity contribution in [2.24, 2.45) is 0 Å². The van der Waals surface area contributed by atoms with Gasteiger partial charge in [-0.15, -0.1) is 0 Å². The van der Waals surface area contributed by atoms with Crippen LogP contribution in [0.1, 0.15) is 34.6 Å². The molecule has 0 bridgehead atoms. The molecule has 2 N–H and O–H groups in total. The molecule has 8 nitrogen and oxygen atoms in total. The summed E-state index contributed by atoms with van der Waals surface area (Å²) < 4.78 is 18.3. The number of amides is 3. The number of ether oxygens (including phenoxy) is 1. The minimum Gasteiger partial charge on any atom is -0.459 e. The molecular formula is C27H21ClFN3O5. The van der Waals surface area contributed by atoms with Crippen molar-refractivity contribution in [3.8, 4) is 0 Å². The maximum absolute atomic E-state index is 13.2. The monoisotopic (exact) mass is 521 g/mol. The number of carbonyl (C=O) groups excluding carboxylic acids is 4. The molecule has 0 unspecified atom stereocenters. The number of carbonyl (C=O) groups is 4. The first-order valence-corrected chi connectivity index (χ1v) is 11.6. The molecule has 1 aliphatic heterocycles. The lowest BCUT2D eigenvalue weighted by Gasteiger charge is -2.16. The van der Waals surface area contributed by atoms with Crippen molar-refractivity contribution in [1.29, 1.82) is 0 Å². The summed E-state index contributed by atoms with van der Waals surface area (Å²) in [5.74, 6) is -2.99. The zero-order valence-corrected chi connectivity index (χ0v) is 20.5. The Hall–Kier alpha value is -4.50. The van der Waals surface area contributed by atoms with Crippen LogP contribution in [-0.4, -0.2) is 29.8 Å². The molecule has 3 aromatic carbocycles. The number of halogens is 2. The van der Waals surface area contributed by atoms with Crippen LogP contribution in [0.5, 0.6) is 0 Å². The second-order valence-electron chi connectivity index (χ2n) is 8.31. The minimum atomic E-state index is -0.770. The topological polar surface area (TPSA) is 105 Å². The SMILES string of the molecule is CC(C)OC(=O)c1cccc(N2C(=O)C(Cl)=C(Nc3cccc(C(=O)Nc4ccc(F)cc4)c3)C2=O)c1. The maximum Gasteiger partial charge on any atom is 0.338 e. The molecule has 1 aliphatic rings. The highest BCUT2D eigenvalue weighted by molar-refractivity contribution is 6.53. The van der Waals surface area contributed by atoms with Gasteiger partial charge in [0.15, 0.2) is 0 Å². The molecule has 0 aromatic heterocycles. The summed E-state index contributed by atoms with van der Waals surface area (Å²) in [4.78, 5) is 51.7. The molecule has 0 radical (unpaired) electrons. The zero-order chi connectivity index (χ0) is 26.7. The van der Waals surface area contributed by atoms with Crippen LogP contribution in [-0.2, 0) is 14.3 Å². The summed E-state index contributed by atoms with van der Waals surface area (Å²) in [5.41, 5.74) is 1.12. The van der Waals surface area contributed by atoms with Crippen LogP contribution in [0, 0.1) is 5.82 Å². The largest absolute Gasteiger partial charge is 0.459 e. The van der Waals surface area contributed by atoms with Crippen LogP contribution >= 0.6 is 11.6 Å². The van der Waals surface area contributed by atoms with E-state index in [2.05, 4.69) is 10.6 Å². The van der Waals surface area contributed by atoms with Gasteiger partial charge < -0.3 is 15.4 Å². The zero-order valence-electron chi connectivity index (χ0n) is 19.7. The van der Waals surface area contributed by atoms with Gasteiger partial charge in [-0.1, -0.05) is 23.7 Å². The van der Waals surface area contributed by atoms with Gasteiger partial charge in [-0.2, -0.15) is 0 Å². The second kappa shape index (κ2) is 10.6. The minimum absolute atomic E-state index is 0.149. The number of anilines is 3. The van der Waals surface area contributed by atoms with E-state index in [0.29, 0.717) is 11.4 Å². The van der Waals surface area contributed by atoms with E-state index in [1.54, 1.807) is 32.0 Å². The summed E-state index contributed by atoms with van der Waals surface area (Å²) in [7, 11) is 0. The predicted molar refractivity (Wildman–Crippen MR) is 137 cm³/mol. The van der Waals surface area contributed by atoms with Crippen molar-refractivity contribution in [3.05, 3.63) is 100 Å². The fraction of sp³-hybridized carbons (Fsp3) is 0.111. The van der Waals surface area contributed by atoms with Gasteiger partial charge >= 0.3 is 5.97 Å². The number of nitrogens with zero attached hydrogens (tertiary/aromatic N) is 1. The Morgan fingerprint density at radius 1 is 0.892 bits per heavy atom. The standard InChI is InChI=1S/C27H21ClFN3O5/c1-15(2)37-27(36)17-6-4-8-21(14-17)32-25(34)22(28)23(26(32)35)30-20-7-3-5-16(13-20)24(33)31-19-11-9-18(29)10-12-19/h3-15,30H,1-2H3,(H,31,33). The Balaban J connectivity index is 1.52. The molecule has 0 spiro atoms. The van der Waals surface area contributed by atoms with Crippen LogP contribution in [0.15, 0.2) is 83.5 Å².